The number of carboxylic acids is 1. The van der Waals surface area contributed by atoms with Crippen molar-refractivity contribution in [2.45, 2.75) is 65.2 Å². The van der Waals surface area contributed by atoms with Gasteiger partial charge in [0.25, 0.3) is 0 Å². The number of carbonyl (C=O) groups is 1. The second-order valence-electron chi connectivity index (χ2n) is 5.56. The molecule has 0 aliphatic carbocycles. The van der Waals surface area contributed by atoms with Crippen molar-refractivity contribution in [2.24, 2.45) is 11.8 Å². The van der Waals surface area contributed by atoms with Gasteiger partial charge < -0.3 is 9.84 Å². The Kier molecular flexibility index (Phi) is 11.2. The van der Waals surface area contributed by atoms with E-state index in [2.05, 4.69) is 13.8 Å². The van der Waals surface area contributed by atoms with Gasteiger partial charge >= 0.3 is 5.97 Å². The molecule has 0 saturated carbocycles. The van der Waals surface area contributed by atoms with E-state index < -0.39 is 5.97 Å². The molecule has 0 saturated heterocycles. The van der Waals surface area contributed by atoms with Crippen LogP contribution in [0, 0.1) is 11.8 Å². The fourth-order valence-corrected chi connectivity index (χ4v) is 2.15. The zero-order valence-electron chi connectivity index (χ0n) is 12.3. The SMILES string of the molecule is COCCCCC(CCCCCC(C)C)C(=O)O. The third-order valence-electron chi connectivity index (χ3n) is 3.33. The molecule has 108 valence electrons. The molecule has 0 spiro atoms. The molecule has 0 amide bonds. The topological polar surface area (TPSA) is 46.5 Å². The van der Waals surface area contributed by atoms with Gasteiger partial charge in [0.2, 0.25) is 0 Å². The van der Waals surface area contributed by atoms with Crippen molar-refractivity contribution in [3.63, 3.8) is 0 Å². The molecule has 0 radical (unpaired) electrons. The zero-order chi connectivity index (χ0) is 13.8. The van der Waals surface area contributed by atoms with Gasteiger partial charge in [0.15, 0.2) is 0 Å². The summed E-state index contributed by atoms with van der Waals surface area (Å²) >= 11 is 0. The van der Waals surface area contributed by atoms with E-state index in [1.165, 1.54) is 19.3 Å². The molecular weight excluding hydrogens is 228 g/mol. The van der Waals surface area contributed by atoms with Crippen LogP contribution in [-0.2, 0) is 9.53 Å². The molecule has 0 aliphatic heterocycles. The Labute approximate surface area is 112 Å². The third-order valence-corrected chi connectivity index (χ3v) is 3.33. The standard InChI is InChI=1S/C15H30O3/c1-13(2)9-5-4-6-10-14(15(16)17)11-7-8-12-18-3/h13-14H,4-12H2,1-3H3,(H,16,17). The fourth-order valence-electron chi connectivity index (χ4n) is 2.15. The van der Waals surface area contributed by atoms with Crippen LogP contribution in [0.5, 0.6) is 0 Å². The predicted molar refractivity (Wildman–Crippen MR) is 74.8 cm³/mol. The maximum absolute atomic E-state index is 11.1. The van der Waals surface area contributed by atoms with Crippen LogP contribution in [0.25, 0.3) is 0 Å². The molecule has 1 atom stereocenters. The largest absolute Gasteiger partial charge is 0.481 e. The second-order valence-corrected chi connectivity index (χ2v) is 5.56. The summed E-state index contributed by atoms with van der Waals surface area (Å²) < 4.78 is 4.97. The van der Waals surface area contributed by atoms with Gasteiger partial charge in [-0.1, -0.05) is 46.0 Å². The molecule has 1 N–H and O–H groups in total. The first-order chi connectivity index (χ1) is 8.57. The number of ether oxygens (including phenoxy) is 1. The van der Waals surface area contributed by atoms with Crippen molar-refractivity contribution in [3.8, 4) is 0 Å². The van der Waals surface area contributed by atoms with Gasteiger partial charge in [0.1, 0.15) is 0 Å². The van der Waals surface area contributed by atoms with Crippen molar-refractivity contribution in [2.75, 3.05) is 13.7 Å². The second kappa shape index (κ2) is 11.5. The Morgan fingerprint density at radius 2 is 1.56 bits per heavy atom. The van der Waals surface area contributed by atoms with Gasteiger partial charge in [-0.15, -0.1) is 0 Å². The summed E-state index contributed by atoms with van der Waals surface area (Å²) in [7, 11) is 1.68. The highest BCUT2D eigenvalue weighted by Crippen LogP contribution is 2.18. The molecule has 3 heteroatoms. The molecule has 0 aromatic rings. The van der Waals surface area contributed by atoms with Crippen LogP contribution < -0.4 is 0 Å². The Morgan fingerprint density at radius 1 is 1.00 bits per heavy atom. The van der Waals surface area contributed by atoms with Crippen molar-refractivity contribution < 1.29 is 14.6 Å². The monoisotopic (exact) mass is 258 g/mol. The average Bonchev–Trinajstić information content (AvgIpc) is 2.30. The number of hydrogen-bond donors (Lipinski definition) is 1. The summed E-state index contributed by atoms with van der Waals surface area (Å²) in [4.78, 5) is 11.1. The number of methoxy groups -OCH3 is 1. The average molecular weight is 258 g/mol. The highest BCUT2D eigenvalue weighted by Gasteiger charge is 2.16. The van der Waals surface area contributed by atoms with Gasteiger partial charge in [-0.3, -0.25) is 4.79 Å². The lowest BCUT2D eigenvalue weighted by atomic mass is 9.94. The Bertz CT molecular complexity index is 202. The van der Waals surface area contributed by atoms with E-state index in [1.807, 2.05) is 0 Å². The van der Waals surface area contributed by atoms with Crippen molar-refractivity contribution in [3.05, 3.63) is 0 Å². The molecule has 18 heavy (non-hydrogen) atoms. The molecule has 0 heterocycles. The molecule has 0 bridgehead atoms. The van der Waals surface area contributed by atoms with Crippen molar-refractivity contribution >= 4 is 5.97 Å². The summed E-state index contributed by atoms with van der Waals surface area (Å²) in [5.41, 5.74) is 0. The van der Waals surface area contributed by atoms with Crippen molar-refractivity contribution in [1.29, 1.82) is 0 Å². The summed E-state index contributed by atoms with van der Waals surface area (Å²) in [6, 6.07) is 0. The van der Waals surface area contributed by atoms with E-state index >= 15 is 0 Å². The quantitative estimate of drug-likeness (QED) is 0.536. The van der Waals surface area contributed by atoms with E-state index in [4.69, 9.17) is 9.84 Å². The molecule has 1 unspecified atom stereocenters. The maximum Gasteiger partial charge on any atom is 0.306 e. The lowest BCUT2D eigenvalue weighted by Crippen LogP contribution is -2.13. The Hall–Kier alpha value is -0.570. The van der Waals surface area contributed by atoms with Crippen LogP contribution in [0.4, 0.5) is 0 Å². The summed E-state index contributed by atoms with van der Waals surface area (Å²) in [6.07, 6.45) is 8.25. The first-order valence-electron chi connectivity index (χ1n) is 7.29. The molecular formula is C15H30O3. The van der Waals surface area contributed by atoms with Crippen LogP contribution >= 0.6 is 0 Å². The Morgan fingerprint density at radius 3 is 2.06 bits per heavy atom. The van der Waals surface area contributed by atoms with Gasteiger partial charge in [-0.05, 0) is 25.2 Å². The van der Waals surface area contributed by atoms with Gasteiger partial charge in [-0.2, -0.15) is 0 Å². The molecule has 0 aromatic carbocycles. The number of unbranched alkanes of at least 4 members (excludes halogenated alkanes) is 3. The number of hydrogen-bond acceptors (Lipinski definition) is 2. The van der Waals surface area contributed by atoms with Crippen LogP contribution in [0.1, 0.15) is 65.2 Å². The van der Waals surface area contributed by atoms with Crippen LogP contribution in [0.15, 0.2) is 0 Å². The first-order valence-corrected chi connectivity index (χ1v) is 7.29. The number of aliphatic carboxylic acids is 1. The van der Waals surface area contributed by atoms with Gasteiger partial charge in [0.05, 0.1) is 5.92 Å². The van der Waals surface area contributed by atoms with Crippen LogP contribution in [0.3, 0.4) is 0 Å². The van der Waals surface area contributed by atoms with Crippen LogP contribution in [0.2, 0.25) is 0 Å². The van der Waals surface area contributed by atoms with E-state index in [-0.39, 0.29) is 5.92 Å². The lowest BCUT2D eigenvalue weighted by molar-refractivity contribution is -0.142. The smallest absolute Gasteiger partial charge is 0.306 e. The maximum atomic E-state index is 11.1. The molecule has 3 nitrogen and oxygen atoms in total. The van der Waals surface area contributed by atoms with E-state index in [0.717, 1.165) is 44.6 Å². The normalized spacial score (nSPS) is 12.9. The number of rotatable bonds is 12. The van der Waals surface area contributed by atoms with Crippen molar-refractivity contribution in [1.82, 2.24) is 0 Å². The van der Waals surface area contributed by atoms with E-state index in [0.29, 0.717) is 0 Å². The lowest BCUT2D eigenvalue weighted by Gasteiger charge is -2.12. The highest BCUT2D eigenvalue weighted by atomic mass is 16.5. The first kappa shape index (κ1) is 17.4. The van der Waals surface area contributed by atoms with E-state index in [9.17, 15) is 4.79 Å². The fraction of sp³-hybridized carbons (Fsp3) is 0.933. The van der Waals surface area contributed by atoms with Crippen LogP contribution in [-0.4, -0.2) is 24.8 Å². The minimum Gasteiger partial charge on any atom is -0.481 e. The highest BCUT2D eigenvalue weighted by molar-refractivity contribution is 5.69. The summed E-state index contributed by atoms with van der Waals surface area (Å²) in [6.45, 7) is 5.20. The molecule has 0 aliphatic rings. The van der Waals surface area contributed by atoms with Gasteiger partial charge in [0, 0.05) is 13.7 Å². The molecule has 0 fully saturated rings. The minimum absolute atomic E-state index is 0.152. The van der Waals surface area contributed by atoms with Gasteiger partial charge in [-0.25, -0.2) is 0 Å². The minimum atomic E-state index is -0.628. The third kappa shape index (κ3) is 10.6. The Balaban J connectivity index is 3.60. The zero-order valence-corrected chi connectivity index (χ0v) is 12.3. The van der Waals surface area contributed by atoms with E-state index in [1.54, 1.807) is 7.11 Å². The predicted octanol–water partition coefficient (Wildman–Crippen LogP) is 4.11. The summed E-state index contributed by atoms with van der Waals surface area (Å²) in [5, 5.41) is 9.14. The number of carboxylic acid groups (broad SMARTS) is 1. The molecule has 0 rings (SSSR count). The molecule has 0 aromatic heterocycles. The summed E-state index contributed by atoms with van der Waals surface area (Å²) in [5.74, 6) is -0.0218.